The molecule has 7 rings (SSSR count). The molecule has 0 aliphatic heterocycles. The monoisotopic (exact) mass is 591 g/mol. The second kappa shape index (κ2) is 6.79. The molecule has 0 amide bonds. The Kier molecular flexibility index (Phi) is 4.99. The van der Waals surface area contributed by atoms with Crippen molar-refractivity contribution >= 4 is 0 Å². The van der Waals surface area contributed by atoms with Gasteiger partial charge in [0.2, 0.25) is 0 Å². The summed E-state index contributed by atoms with van der Waals surface area (Å²) in [6.07, 6.45) is 0. The van der Waals surface area contributed by atoms with E-state index in [1.54, 1.807) is 0 Å². The molecule has 246 valence electrons. The molecule has 7 saturated carbocycles. The van der Waals surface area contributed by atoms with Crippen LogP contribution in [0.5, 0.6) is 0 Å². The first-order chi connectivity index (χ1) is 18.8. The van der Waals surface area contributed by atoms with Crippen LogP contribution in [0, 0.1) is 118 Å². The molecule has 14 atom stereocenters. The van der Waals surface area contributed by atoms with Gasteiger partial charge in [0.05, 0.1) is 0 Å². The Labute approximate surface area is 269 Å². The van der Waals surface area contributed by atoms with E-state index in [4.69, 9.17) is 0 Å². The minimum absolute atomic E-state index is 0.267. The van der Waals surface area contributed by atoms with E-state index in [0.29, 0.717) is 37.9 Å². The minimum Gasteiger partial charge on any atom is -0.0617 e. The maximum absolute atomic E-state index is 2.90. The maximum Gasteiger partial charge on any atom is -0.0176 e. The van der Waals surface area contributed by atoms with Crippen molar-refractivity contribution in [2.24, 2.45) is 118 Å². The molecule has 7 fully saturated rings. The Morgan fingerprint density at radius 3 is 0.767 bits per heavy atom. The van der Waals surface area contributed by atoms with Gasteiger partial charge in [-0.25, -0.2) is 0 Å². The zero-order valence-electron chi connectivity index (χ0n) is 33.1. The van der Waals surface area contributed by atoms with Crippen LogP contribution in [-0.4, -0.2) is 0 Å². The van der Waals surface area contributed by atoms with Crippen LogP contribution in [0.15, 0.2) is 0 Å². The lowest BCUT2D eigenvalue weighted by Crippen LogP contribution is -2.70. The number of hydrogen-bond donors (Lipinski definition) is 0. The van der Waals surface area contributed by atoms with E-state index in [9.17, 15) is 0 Å². The van der Waals surface area contributed by atoms with Crippen LogP contribution in [0.4, 0.5) is 0 Å². The molecular formula is C43H74. The van der Waals surface area contributed by atoms with Crippen molar-refractivity contribution < 1.29 is 0 Å². The molecule has 0 saturated heterocycles. The lowest BCUT2D eigenvalue weighted by atomic mass is 9.30. The Balaban J connectivity index is 1.59. The van der Waals surface area contributed by atoms with Gasteiger partial charge in [-0.3, -0.25) is 0 Å². The summed E-state index contributed by atoms with van der Waals surface area (Å²) in [7, 11) is 0. The first-order valence-electron chi connectivity index (χ1n) is 18.8. The molecule has 6 bridgehead atoms. The highest BCUT2D eigenvalue weighted by molar-refractivity contribution is 5.45. The van der Waals surface area contributed by atoms with Crippen LogP contribution in [0.3, 0.4) is 0 Å². The van der Waals surface area contributed by atoms with E-state index in [1.165, 1.54) is 0 Å². The largest absolute Gasteiger partial charge is 0.0617 e. The molecule has 0 nitrogen and oxygen atoms in total. The lowest BCUT2D eigenvalue weighted by Gasteiger charge is -2.74. The fourth-order valence-electron chi connectivity index (χ4n) is 20.7. The average molecular weight is 591 g/mol. The average Bonchev–Trinajstić information content (AvgIpc) is 3.30. The molecule has 0 N–H and O–H groups in total. The Bertz CT molecular complexity index is 1240. The van der Waals surface area contributed by atoms with Gasteiger partial charge in [-0.15, -0.1) is 0 Å². The van der Waals surface area contributed by atoms with Gasteiger partial charge in [-0.05, 0) is 118 Å². The van der Waals surface area contributed by atoms with Crippen molar-refractivity contribution in [3.05, 3.63) is 0 Å². The van der Waals surface area contributed by atoms with Crippen LogP contribution in [0.25, 0.3) is 0 Å². The predicted octanol–water partition coefficient (Wildman–Crippen LogP) is 12.3. The van der Waals surface area contributed by atoms with Crippen molar-refractivity contribution in [1.82, 2.24) is 0 Å². The Morgan fingerprint density at radius 1 is 0.256 bits per heavy atom. The first-order valence-corrected chi connectivity index (χ1v) is 18.8. The Morgan fingerprint density at radius 2 is 0.488 bits per heavy atom. The predicted molar refractivity (Wildman–Crippen MR) is 184 cm³/mol. The molecule has 43 heavy (non-hydrogen) atoms. The van der Waals surface area contributed by atoms with Crippen molar-refractivity contribution in [3.63, 3.8) is 0 Å². The third-order valence-corrected chi connectivity index (χ3v) is 24.1. The van der Waals surface area contributed by atoms with Crippen LogP contribution in [0.2, 0.25) is 0 Å². The summed E-state index contributed by atoms with van der Waals surface area (Å²) < 4.78 is 0. The first kappa shape index (κ1) is 31.6. The normalized spacial score (nSPS) is 64.0. The quantitative estimate of drug-likeness (QED) is 0.246. The van der Waals surface area contributed by atoms with Crippen molar-refractivity contribution in [3.8, 4) is 0 Å². The maximum atomic E-state index is 2.90. The molecule has 14 unspecified atom stereocenters. The molecule has 0 aromatic heterocycles. The van der Waals surface area contributed by atoms with E-state index < -0.39 is 0 Å². The summed E-state index contributed by atoms with van der Waals surface area (Å²) in [5.74, 6) is 6.04. The van der Waals surface area contributed by atoms with Gasteiger partial charge < -0.3 is 0 Å². The number of rotatable bonds is 0. The molecule has 0 radical (unpaired) electrons. The van der Waals surface area contributed by atoms with E-state index in [-0.39, 0.29) is 32.5 Å². The fraction of sp³-hybridized carbons (Fsp3) is 1.00. The molecule has 0 aromatic carbocycles. The fourth-order valence-corrected chi connectivity index (χ4v) is 20.7. The third-order valence-electron chi connectivity index (χ3n) is 24.1. The smallest absolute Gasteiger partial charge is 0.0176 e. The van der Waals surface area contributed by atoms with Gasteiger partial charge in [-0.1, -0.05) is 152 Å². The van der Waals surface area contributed by atoms with Crippen molar-refractivity contribution in [2.45, 2.75) is 152 Å². The minimum atomic E-state index is 0.267. The molecule has 0 heterocycles. The van der Waals surface area contributed by atoms with Crippen LogP contribution in [0.1, 0.15) is 152 Å². The second-order valence-corrected chi connectivity index (χ2v) is 23.7. The second-order valence-electron chi connectivity index (χ2n) is 23.7. The molecular weight excluding hydrogens is 516 g/mol. The van der Waals surface area contributed by atoms with Crippen molar-refractivity contribution in [1.29, 1.82) is 0 Å². The van der Waals surface area contributed by atoms with E-state index in [0.717, 1.165) is 47.3 Å². The summed E-state index contributed by atoms with van der Waals surface area (Å²) >= 11 is 0. The zero-order chi connectivity index (χ0) is 33.1. The van der Waals surface area contributed by atoms with E-state index in [2.05, 4.69) is 152 Å². The Hall–Kier alpha value is 0. The summed E-state index contributed by atoms with van der Waals surface area (Å²) in [6, 6.07) is 0. The summed E-state index contributed by atoms with van der Waals surface area (Å²) in [6.45, 7) is 61.0. The van der Waals surface area contributed by atoms with E-state index >= 15 is 0 Å². The number of fused-ring (bicyclic) bond motifs is 17. The van der Waals surface area contributed by atoms with E-state index in [1.807, 2.05) is 0 Å². The standard InChI is InChI=1S/C43H74/c1-23-24(2)39(18)26-25(38(23,17)35(39,11)12)31(3,4)27-28(32(26,5)6)41(20)30-29(40(27,19)36(41,13)14)42(21)33(7,8)34(9,10)43(30,22)37(42,15)16/h23-30H,1-22H3. The summed E-state index contributed by atoms with van der Waals surface area (Å²) in [5.41, 5.74) is 3.85. The molecule has 0 heteroatoms. The van der Waals surface area contributed by atoms with Gasteiger partial charge in [0.25, 0.3) is 0 Å². The topological polar surface area (TPSA) is 0 Å². The molecule has 0 spiro atoms. The third kappa shape index (κ3) is 2.05. The van der Waals surface area contributed by atoms with Crippen LogP contribution in [-0.2, 0) is 0 Å². The molecule has 0 aromatic rings. The molecule has 7 aliphatic rings. The summed E-state index contributed by atoms with van der Waals surface area (Å²) in [5, 5.41) is 0. The summed E-state index contributed by atoms with van der Waals surface area (Å²) in [4.78, 5) is 0. The van der Waals surface area contributed by atoms with Crippen molar-refractivity contribution in [2.75, 3.05) is 0 Å². The molecule has 7 aliphatic carbocycles. The highest BCUT2D eigenvalue weighted by Crippen LogP contribution is 3.02. The van der Waals surface area contributed by atoms with Gasteiger partial charge in [-0.2, -0.15) is 0 Å². The van der Waals surface area contributed by atoms with Gasteiger partial charge >= 0.3 is 0 Å². The SMILES string of the molecule is CC1C(C)C2(C)C3C(C(C)(C)C4C(C3(C)C)C3(C)C5C(C4(C)C3(C)C)C3(C)C(C)(C)C(C)(C)C5(C)C3(C)C)C1(C)C2(C)C. The zero-order valence-corrected chi connectivity index (χ0v) is 33.1. The van der Waals surface area contributed by atoms with Crippen LogP contribution >= 0.6 is 0 Å². The number of hydrogen-bond acceptors (Lipinski definition) is 0. The van der Waals surface area contributed by atoms with Crippen LogP contribution < -0.4 is 0 Å². The van der Waals surface area contributed by atoms with Gasteiger partial charge in [0.1, 0.15) is 0 Å². The lowest BCUT2D eigenvalue weighted by molar-refractivity contribution is -0.272. The van der Waals surface area contributed by atoms with Gasteiger partial charge in [0, 0.05) is 0 Å². The van der Waals surface area contributed by atoms with Gasteiger partial charge in [0.15, 0.2) is 0 Å². The highest BCUT2D eigenvalue weighted by Gasteiger charge is 2.98. The highest BCUT2D eigenvalue weighted by atomic mass is 15.0.